The number of para-hydroxylation sites is 1. The lowest BCUT2D eigenvalue weighted by molar-refractivity contribution is 0.519. The molecule has 1 aromatic carbocycles. The molecule has 0 unspecified atom stereocenters. The van der Waals surface area contributed by atoms with Crippen LogP contribution in [0.3, 0.4) is 0 Å². The molecule has 108 valence electrons. The highest BCUT2D eigenvalue weighted by Gasteiger charge is 2.16. The van der Waals surface area contributed by atoms with Crippen LogP contribution in [0.1, 0.15) is 18.8 Å². The third-order valence-corrected chi connectivity index (χ3v) is 3.57. The Balaban J connectivity index is 1.77. The molecular weight excluding hydrogens is 280 g/mol. The van der Waals surface area contributed by atoms with Crippen molar-refractivity contribution in [2.75, 3.05) is 0 Å². The first-order valence-electron chi connectivity index (χ1n) is 6.82. The maximum absolute atomic E-state index is 4.36. The fourth-order valence-electron chi connectivity index (χ4n) is 2.37. The average Bonchev–Trinajstić information content (AvgIpc) is 3.25. The molecule has 0 aliphatic rings. The molecule has 0 radical (unpaired) electrons. The smallest absolute Gasteiger partial charge is 0.198 e. The topological polar surface area (TPSA) is 98.1 Å². The van der Waals surface area contributed by atoms with Crippen molar-refractivity contribution in [3.05, 3.63) is 48.5 Å². The van der Waals surface area contributed by atoms with Gasteiger partial charge >= 0.3 is 0 Å². The predicted molar refractivity (Wildman–Crippen MR) is 78.7 cm³/mol. The number of H-pyrrole nitrogens is 1. The highest BCUT2D eigenvalue weighted by molar-refractivity contribution is 5.92. The molecule has 8 nitrogen and oxygen atoms in total. The Morgan fingerprint density at radius 2 is 2.05 bits per heavy atom. The second kappa shape index (κ2) is 4.99. The fraction of sp³-hybridized carbons (Fsp3) is 0.143. The number of benzene rings is 1. The molecule has 0 bridgehead atoms. The van der Waals surface area contributed by atoms with E-state index in [0.29, 0.717) is 5.82 Å². The summed E-state index contributed by atoms with van der Waals surface area (Å²) in [7, 11) is 0. The van der Waals surface area contributed by atoms with Crippen molar-refractivity contribution < 1.29 is 0 Å². The summed E-state index contributed by atoms with van der Waals surface area (Å²) in [5.74, 6) is 0.566. The van der Waals surface area contributed by atoms with Gasteiger partial charge in [0.25, 0.3) is 0 Å². The zero-order valence-electron chi connectivity index (χ0n) is 11.7. The number of nitrogens with one attached hydrogen (secondary N) is 1. The minimum atomic E-state index is -0.145. The normalized spacial score (nSPS) is 12.6. The molecular formula is C14H12N8. The van der Waals surface area contributed by atoms with Crippen LogP contribution in [0, 0.1) is 0 Å². The van der Waals surface area contributed by atoms with Gasteiger partial charge in [0, 0.05) is 17.1 Å². The van der Waals surface area contributed by atoms with Gasteiger partial charge in [-0.25, -0.2) is 4.68 Å². The first kappa shape index (κ1) is 12.6. The molecule has 0 saturated carbocycles. The number of rotatable bonds is 3. The van der Waals surface area contributed by atoms with E-state index >= 15 is 0 Å². The SMILES string of the molecule is C[C@@H](c1nn[nH]n1)n1cc(-c2ccnc3ccccc23)nn1. The lowest BCUT2D eigenvalue weighted by Crippen LogP contribution is -2.09. The van der Waals surface area contributed by atoms with Crippen LogP contribution in [0.2, 0.25) is 0 Å². The van der Waals surface area contributed by atoms with Gasteiger partial charge in [-0.15, -0.1) is 15.3 Å². The summed E-state index contributed by atoms with van der Waals surface area (Å²) in [4.78, 5) is 4.36. The summed E-state index contributed by atoms with van der Waals surface area (Å²) in [6.07, 6.45) is 3.65. The van der Waals surface area contributed by atoms with E-state index < -0.39 is 0 Å². The molecule has 1 N–H and O–H groups in total. The highest BCUT2D eigenvalue weighted by Crippen LogP contribution is 2.26. The number of aromatic nitrogens is 8. The molecule has 8 heteroatoms. The molecule has 3 heterocycles. The van der Waals surface area contributed by atoms with E-state index in [9.17, 15) is 0 Å². The number of hydrogen-bond acceptors (Lipinski definition) is 6. The van der Waals surface area contributed by atoms with Crippen LogP contribution in [0.25, 0.3) is 22.2 Å². The van der Waals surface area contributed by atoms with Gasteiger partial charge in [-0.3, -0.25) is 4.98 Å². The summed E-state index contributed by atoms with van der Waals surface area (Å²) in [6.45, 7) is 1.94. The van der Waals surface area contributed by atoms with Crippen LogP contribution >= 0.6 is 0 Å². The molecule has 4 aromatic rings. The molecule has 0 fully saturated rings. The zero-order chi connectivity index (χ0) is 14.9. The molecule has 1 atom stereocenters. The van der Waals surface area contributed by atoms with E-state index in [0.717, 1.165) is 22.2 Å². The molecule has 0 aliphatic carbocycles. The summed E-state index contributed by atoms with van der Waals surface area (Å²) in [5, 5.41) is 23.5. The first-order chi connectivity index (χ1) is 10.8. The van der Waals surface area contributed by atoms with Crippen molar-refractivity contribution in [3.8, 4) is 11.3 Å². The second-order valence-electron chi connectivity index (χ2n) is 4.91. The van der Waals surface area contributed by atoms with E-state index in [1.54, 1.807) is 10.9 Å². The molecule has 4 rings (SSSR count). The van der Waals surface area contributed by atoms with E-state index in [1.807, 2.05) is 43.5 Å². The number of tetrazole rings is 1. The maximum Gasteiger partial charge on any atom is 0.198 e. The number of aromatic amines is 1. The standard InChI is InChI=1S/C14H12N8/c1-9(14-17-19-20-18-14)22-8-13(16-21-22)11-6-7-15-12-5-3-2-4-10(11)12/h2-9H,1H3,(H,17,18,19,20)/t9-/m0/s1. The number of fused-ring (bicyclic) bond motifs is 1. The Labute approximate surface area is 125 Å². The van der Waals surface area contributed by atoms with Crippen LogP contribution < -0.4 is 0 Å². The van der Waals surface area contributed by atoms with Crippen molar-refractivity contribution in [1.82, 2.24) is 40.6 Å². The van der Waals surface area contributed by atoms with Gasteiger partial charge in [-0.1, -0.05) is 28.6 Å². The number of hydrogen-bond donors (Lipinski definition) is 1. The lowest BCUT2D eigenvalue weighted by atomic mass is 10.1. The van der Waals surface area contributed by atoms with Crippen LogP contribution in [-0.4, -0.2) is 40.6 Å². The molecule has 0 saturated heterocycles. The second-order valence-corrected chi connectivity index (χ2v) is 4.91. The monoisotopic (exact) mass is 292 g/mol. The van der Waals surface area contributed by atoms with Gasteiger partial charge in [0.15, 0.2) is 5.82 Å². The molecule has 3 aromatic heterocycles. The van der Waals surface area contributed by atoms with E-state index in [1.165, 1.54) is 0 Å². The number of pyridine rings is 1. The molecule has 0 amide bonds. The van der Waals surface area contributed by atoms with Crippen molar-refractivity contribution >= 4 is 10.9 Å². The van der Waals surface area contributed by atoms with E-state index in [2.05, 4.69) is 35.9 Å². The van der Waals surface area contributed by atoms with Crippen LogP contribution in [0.4, 0.5) is 0 Å². The van der Waals surface area contributed by atoms with Crippen molar-refractivity contribution in [1.29, 1.82) is 0 Å². The van der Waals surface area contributed by atoms with Crippen LogP contribution in [0.5, 0.6) is 0 Å². The first-order valence-corrected chi connectivity index (χ1v) is 6.82. The lowest BCUT2D eigenvalue weighted by Gasteiger charge is -2.05. The summed E-state index contributed by atoms with van der Waals surface area (Å²) in [5.41, 5.74) is 2.71. The Hall–Kier alpha value is -3.16. The highest BCUT2D eigenvalue weighted by atomic mass is 15.5. The Bertz CT molecular complexity index is 906. The van der Waals surface area contributed by atoms with Gasteiger partial charge in [0.05, 0.1) is 11.7 Å². The van der Waals surface area contributed by atoms with Gasteiger partial charge in [-0.05, 0) is 19.1 Å². The molecule has 22 heavy (non-hydrogen) atoms. The Morgan fingerprint density at radius 3 is 2.91 bits per heavy atom. The Morgan fingerprint density at radius 1 is 1.14 bits per heavy atom. The minimum Gasteiger partial charge on any atom is -0.256 e. The van der Waals surface area contributed by atoms with E-state index in [-0.39, 0.29) is 6.04 Å². The van der Waals surface area contributed by atoms with Gasteiger partial charge in [0.2, 0.25) is 0 Å². The van der Waals surface area contributed by atoms with Crippen molar-refractivity contribution in [2.45, 2.75) is 13.0 Å². The largest absolute Gasteiger partial charge is 0.256 e. The van der Waals surface area contributed by atoms with Crippen molar-refractivity contribution in [3.63, 3.8) is 0 Å². The predicted octanol–water partition coefficient (Wildman–Crippen LogP) is 1.62. The third kappa shape index (κ3) is 2.01. The average molecular weight is 292 g/mol. The third-order valence-electron chi connectivity index (χ3n) is 3.57. The fourth-order valence-corrected chi connectivity index (χ4v) is 2.37. The van der Waals surface area contributed by atoms with Crippen molar-refractivity contribution in [2.24, 2.45) is 0 Å². The van der Waals surface area contributed by atoms with E-state index in [4.69, 9.17) is 0 Å². The van der Waals surface area contributed by atoms with Crippen LogP contribution in [-0.2, 0) is 0 Å². The van der Waals surface area contributed by atoms with Gasteiger partial charge in [-0.2, -0.15) is 5.21 Å². The summed E-state index contributed by atoms with van der Waals surface area (Å²) in [6, 6.07) is 9.75. The Kier molecular flexibility index (Phi) is 2.85. The van der Waals surface area contributed by atoms with Gasteiger partial charge < -0.3 is 0 Å². The zero-order valence-corrected chi connectivity index (χ0v) is 11.7. The van der Waals surface area contributed by atoms with Gasteiger partial charge in [0.1, 0.15) is 11.7 Å². The summed E-state index contributed by atoms with van der Waals surface area (Å²) >= 11 is 0. The maximum atomic E-state index is 4.36. The van der Waals surface area contributed by atoms with Crippen LogP contribution in [0.15, 0.2) is 42.7 Å². The minimum absolute atomic E-state index is 0.145. The number of nitrogens with zero attached hydrogens (tertiary/aromatic N) is 7. The molecule has 0 aliphatic heterocycles. The molecule has 0 spiro atoms. The summed E-state index contributed by atoms with van der Waals surface area (Å²) < 4.78 is 1.72. The quantitative estimate of drug-likeness (QED) is 0.616.